The molecule has 96 valence electrons. The summed E-state index contributed by atoms with van der Waals surface area (Å²) < 4.78 is 5.42. The summed E-state index contributed by atoms with van der Waals surface area (Å²) in [6.07, 6.45) is 8.82. The van der Waals surface area contributed by atoms with Gasteiger partial charge < -0.3 is 10.3 Å². The van der Waals surface area contributed by atoms with Crippen LogP contribution in [0.25, 0.3) is 0 Å². The molecule has 0 saturated heterocycles. The Bertz CT molecular complexity index is 351. The molecule has 0 radical (unpaired) electrons. The summed E-state index contributed by atoms with van der Waals surface area (Å²) in [7, 11) is 0. The van der Waals surface area contributed by atoms with Gasteiger partial charge in [-0.1, -0.05) is 51.1 Å². The first-order valence-electron chi connectivity index (χ1n) is 6.89. The van der Waals surface area contributed by atoms with Crippen molar-refractivity contribution in [3.8, 4) is 0 Å². The number of nitrogens with two attached hydrogens (primary N) is 1. The van der Waals surface area contributed by atoms with Crippen LogP contribution in [0.4, 0.5) is 5.82 Å². The highest BCUT2D eigenvalue weighted by atomic mass is 16.5. The van der Waals surface area contributed by atoms with E-state index in [-0.39, 0.29) is 0 Å². The molecule has 0 bridgehead atoms. The van der Waals surface area contributed by atoms with Crippen molar-refractivity contribution in [1.82, 2.24) is 5.16 Å². The highest BCUT2D eigenvalue weighted by molar-refractivity contribution is 5.40. The fourth-order valence-electron chi connectivity index (χ4n) is 2.80. The van der Waals surface area contributed by atoms with Crippen LogP contribution < -0.4 is 5.73 Å². The molecular formula is C14H24N2O. The number of nitrogens with zero attached hydrogens (tertiary/aromatic N) is 1. The number of aromatic nitrogens is 1. The van der Waals surface area contributed by atoms with Crippen LogP contribution in [-0.4, -0.2) is 5.16 Å². The van der Waals surface area contributed by atoms with Gasteiger partial charge in [0.2, 0.25) is 0 Å². The van der Waals surface area contributed by atoms with E-state index in [0.717, 1.165) is 30.1 Å². The van der Waals surface area contributed by atoms with E-state index < -0.39 is 0 Å². The van der Waals surface area contributed by atoms with Gasteiger partial charge in [-0.3, -0.25) is 0 Å². The average molecular weight is 236 g/mol. The predicted octanol–water partition coefficient (Wildman–Crippen LogP) is 3.58. The minimum absolute atomic E-state index is 0.599. The summed E-state index contributed by atoms with van der Waals surface area (Å²) in [6, 6.07) is 0. The van der Waals surface area contributed by atoms with Crippen molar-refractivity contribution in [2.75, 3.05) is 5.73 Å². The fourth-order valence-corrected chi connectivity index (χ4v) is 2.80. The number of hydrogen-bond donors (Lipinski definition) is 1. The molecule has 0 unspecified atom stereocenters. The minimum atomic E-state index is 0.599. The fraction of sp³-hybridized carbons (Fsp3) is 0.786. The van der Waals surface area contributed by atoms with Crippen molar-refractivity contribution in [3.63, 3.8) is 0 Å². The van der Waals surface area contributed by atoms with Crippen molar-refractivity contribution in [1.29, 1.82) is 0 Å². The molecule has 1 heterocycles. The van der Waals surface area contributed by atoms with E-state index in [1.54, 1.807) is 0 Å². The quantitative estimate of drug-likeness (QED) is 0.869. The topological polar surface area (TPSA) is 52.0 Å². The summed E-state index contributed by atoms with van der Waals surface area (Å²) in [6.45, 7) is 4.41. The van der Waals surface area contributed by atoms with Crippen molar-refractivity contribution in [3.05, 3.63) is 11.3 Å². The normalized spacial score (nSPS) is 17.8. The molecule has 0 atom stereocenters. The van der Waals surface area contributed by atoms with Gasteiger partial charge in [0.05, 0.1) is 0 Å². The Morgan fingerprint density at radius 3 is 2.65 bits per heavy atom. The number of hydrogen-bond acceptors (Lipinski definition) is 3. The van der Waals surface area contributed by atoms with Crippen molar-refractivity contribution < 1.29 is 4.52 Å². The van der Waals surface area contributed by atoms with E-state index >= 15 is 0 Å². The van der Waals surface area contributed by atoms with Gasteiger partial charge in [0.25, 0.3) is 0 Å². The van der Waals surface area contributed by atoms with Crippen LogP contribution in [0.5, 0.6) is 0 Å². The van der Waals surface area contributed by atoms with Gasteiger partial charge in [0.1, 0.15) is 5.76 Å². The van der Waals surface area contributed by atoms with Gasteiger partial charge in [-0.25, -0.2) is 0 Å². The van der Waals surface area contributed by atoms with Crippen molar-refractivity contribution >= 4 is 5.82 Å². The lowest BCUT2D eigenvalue weighted by molar-refractivity contribution is 0.308. The first-order chi connectivity index (χ1) is 8.16. The minimum Gasteiger partial charge on any atom is -0.381 e. The number of rotatable bonds is 4. The van der Waals surface area contributed by atoms with Crippen LogP contribution in [0, 0.1) is 11.8 Å². The molecule has 3 heteroatoms. The highest BCUT2D eigenvalue weighted by Crippen LogP contribution is 2.30. The average Bonchev–Trinajstić information content (AvgIpc) is 2.62. The Morgan fingerprint density at radius 2 is 2.00 bits per heavy atom. The van der Waals surface area contributed by atoms with Crippen LogP contribution in [-0.2, 0) is 12.8 Å². The van der Waals surface area contributed by atoms with E-state index in [2.05, 4.69) is 19.0 Å². The van der Waals surface area contributed by atoms with Gasteiger partial charge >= 0.3 is 0 Å². The lowest BCUT2D eigenvalue weighted by Crippen LogP contribution is -2.10. The standard InChI is InChI=1S/C14H24N2O/c1-10(2)8-12-13(17-16-14(12)15)9-11-6-4-3-5-7-11/h10-11H,3-9H2,1-2H3,(H2,15,16). The Labute approximate surface area is 104 Å². The summed E-state index contributed by atoms with van der Waals surface area (Å²) >= 11 is 0. The van der Waals surface area contributed by atoms with Gasteiger partial charge in [-0.15, -0.1) is 0 Å². The zero-order chi connectivity index (χ0) is 12.3. The van der Waals surface area contributed by atoms with Crippen molar-refractivity contribution in [2.45, 2.75) is 58.8 Å². The third kappa shape index (κ3) is 3.24. The molecule has 2 N–H and O–H groups in total. The second-order valence-electron chi connectivity index (χ2n) is 5.78. The molecule has 0 aromatic carbocycles. The summed E-state index contributed by atoms with van der Waals surface area (Å²) in [5.41, 5.74) is 7.05. The Kier molecular flexibility index (Phi) is 4.08. The Morgan fingerprint density at radius 1 is 1.29 bits per heavy atom. The van der Waals surface area contributed by atoms with Gasteiger partial charge in [-0.2, -0.15) is 0 Å². The molecule has 0 amide bonds. The van der Waals surface area contributed by atoms with Crippen LogP contribution in [0.3, 0.4) is 0 Å². The third-order valence-electron chi connectivity index (χ3n) is 3.71. The van der Waals surface area contributed by atoms with Gasteiger partial charge in [-0.05, 0) is 18.3 Å². The summed E-state index contributed by atoms with van der Waals surface area (Å²) in [5.74, 6) is 3.02. The van der Waals surface area contributed by atoms with Crippen LogP contribution in [0.15, 0.2) is 4.52 Å². The molecule has 2 rings (SSSR count). The zero-order valence-electron chi connectivity index (χ0n) is 11.0. The molecular weight excluding hydrogens is 212 g/mol. The zero-order valence-corrected chi connectivity index (χ0v) is 11.0. The monoisotopic (exact) mass is 236 g/mol. The smallest absolute Gasteiger partial charge is 0.170 e. The summed E-state index contributed by atoms with van der Waals surface area (Å²) in [5, 5.41) is 3.94. The molecule has 1 aliphatic rings. The maximum atomic E-state index is 5.89. The molecule has 1 aromatic rings. The molecule has 0 spiro atoms. The summed E-state index contributed by atoms with van der Waals surface area (Å²) in [4.78, 5) is 0. The van der Waals surface area contributed by atoms with Crippen LogP contribution in [0.2, 0.25) is 0 Å². The molecule has 0 aliphatic heterocycles. The highest BCUT2D eigenvalue weighted by Gasteiger charge is 2.20. The molecule has 17 heavy (non-hydrogen) atoms. The maximum absolute atomic E-state index is 5.89. The number of anilines is 1. The molecule has 1 fully saturated rings. The van der Waals surface area contributed by atoms with E-state index in [1.807, 2.05) is 0 Å². The molecule has 1 saturated carbocycles. The first-order valence-corrected chi connectivity index (χ1v) is 6.89. The predicted molar refractivity (Wildman–Crippen MR) is 69.7 cm³/mol. The molecule has 1 aromatic heterocycles. The van der Waals surface area contributed by atoms with E-state index in [0.29, 0.717) is 11.7 Å². The number of nitrogen functional groups attached to an aromatic ring is 1. The van der Waals surface area contributed by atoms with Crippen LogP contribution >= 0.6 is 0 Å². The van der Waals surface area contributed by atoms with E-state index in [9.17, 15) is 0 Å². The maximum Gasteiger partial charge on any atom is 0.170 e. The van der Waals surface area contributed by atoms with Gasteiger partial charge in [0.15, 0.2) is 5.82 Å². The largest absolute Gasteiger partial charge is 0.381 e. The van der Waals surface area contributed by atoms with E-state index in [1.165, 1.54) is 32.1 Å². The Hall–Kier alpha value is -0.990. The van der Waals surface area contributed by atoms with Gasteiger partial charge in [0, 0.05) is 12.0 Å². The second-order valence-corrected chi connectivity index (χ2v) is 5.78. The lowest BCUT2D eigenvalue weighted by Gasteiger charge is -2.20. The lowest BCUT2D eigenvalue weighted by atomic mass is 9.85. The SMILES string of the molecule is CC(C)Cc1c(N)noc1CC1CCCCC1. The third-order valence-corrected chi connectivity index (χ3v) is 3.71. The Balaban J connectivity index is 2.04. The molecule has 3 nitrogen and oxygen atoms in total. The second kappa shape index (κ2) is 5.56. The van der Waals surface area contributed by atoms with E-state index in [4.69, 9.17) is 10.3 Å². The first kappa shape index (κ1) is 12.5. The van der Waals surface area contributed by atoms with Crippen molar-refractivity contribution in [2.24, 2.45) is 11.8 Å². The van der Waals surface area contributed by atoms with Crippen LogP contribution in [0.1, 0.15) is 57.3 Å². The molecule has 1 aliphatic carbocycles.